The highest BCUT2D eigenvalue weighted by atomic mass is 35.5. The van der Waals surface area contributed by atoms with Gasteiger partial charge in [-0.3, -0.25) is 4.79 Å². The molecule has 1 amide bonds. The van der Waals surface area contributed by atoms with E-state index in [1.54, 1.807) is 6.33 Å². The average molecular weight is 361 g/mol. The van der Waals surface area contributed by atoms with E-state index < -0.39 is 6.04 Å². The van der Waals surface area contributed by atoms with E-state index in [9.17, 15) is 4.79 Å². The van der Waals surface area contributed by atoms with Gasteiger partial charge >= 0.3 is 0 Å². The molecule has 0 bridgehead atoms. The van der Waals surface area contributed by atoms with Crippen LogP contribution in [-0.4, -0.2) is 34.7 Å². The maximum Gasteiger partial charge on any atom is 0.241 e. The van der Waals surface area contributed by atoms with E-state index in [1.165, 1.54) is 0 Å². The SMILES string of the molecule is Cl.Cl.Cn1cnc2cc(NC(=O)C(N)C3CCOCC3)ccc21. The van der Waals surface area contributed by atoms with Crippen molar-refractivity contribution in [3.05, 3.63) is 24.5 Å². The van der Waals surface area contributed by atoms with Crippen molar-refractivity contribution in [1.82, 2.24) is 9.55 Å². The summed E-state index contributed by atoms with van der Waals surface area (Å²) in [6.45, 7) is 1.37. The average Bonchev–Trinajstić information content (AvgIpc) is 2.88. The third-order valence-electron chi connectivity index (χ3n) is 4.07. The monoisotopic (exact) mass is 360 g/mol. The van der Waals surface area contributed by atoms with Crippen LogP contribution in [0, 0.1) is 5.92 Å². The third-order valence-corrected chi connectivity index (χ3v) is 4.07. The van der Waals surface area contributed by atoms with Gasteiger partial charge in [-0.05, 0) is 37.0 Å². The molecule has 6 nitrogen and oxygen atoms in total. The first-order valence-corrected chi connectivity index (χ1v) is 7.20. The van der Waals surface area contributed by atoms with Gasteiger partial charge in [-0.15, -0.1) is 24.8 Å². The lowest BCUT2D eigenvalue weighted by molar-refractivity contribution is -0.119. The van der Waals surface area contributed by atoms with Crippen molar-refractivity contribution in [3.63, 3.8) is 0 Å². The fourth-order valence-corrected chi connectivity index (χ4v) is 2.73. The second kappa shape index (κ2) is 8.49. The lowest BCUT2D eigenvalue weighted by atomic mass is 9.92. The minimum absolute atomic E-state index is 0. The summed E-state index contributed by atoms with van der Waals surface area (Å²) in [5.41, 5.74) is 8.69. The summed E-state index contributed by atoms with van der Waals surface area (Å²) < 4.78 is 7.24. The van der Waals surface area contributed by atoms with Crippen molar-refractivity contribution >= 4 is 47.4 Å². The van der Waals surface area contributed by atoms with Crippen LogP contribution in [0.5, 0.6) is 0 Å². The maximum absolute atomic E-state index is 12.3. The number of halogens is 2. The molecule has 23 heavy (non-hydrogen) atoms. The maximum atomic E-state index is 12.3. The highest BCUT2D eigenvalue weighted by molar-refractivity contribution is 5.96. The van der Waals surface area contributed by atoms with Crippen LogP contribution in [0.25, 0.3) is 11.0 Å². The fourth-order valence-electron chi connectivity index (χ4n) is 2.73. The van der Waals surface area contributed by atoms with E-state index in [0.717, 1.165) is 29.6 Å². The molecule has 8 heteroatoms. The number of carbonyl (C=O) groups is 1. The van der Waals surface area contributed by atoms with Crippen molar-refractivity contribution in [2.75, 3.05) is 18.5 Å². The largest absolute Gasteiger partial charge is 0.381 e. The molecule has 0 saturated carbocycles. The molecule has 1 fully saturated rings. The Kier molecular flexibility index (Phi) is 7.28. The van der Waals surface area contributed by atoms with Crippen LogP contribution >= 0.6 is 24.8 Å². The Hall–Kier alpha value is -1.34. The summed E-state index contributed by atoms with van der Waals surface area (Å²) in [4.78, 5) is 16.5. The number of aromatic nitrogens is 2. The molecule has 1 aliphatic heterocycles. The second-order valence-corrected chi connectivity index (χ2v) is 5.52. The molecule has 0 aliphatic carbocycles. The molecular weight excluding hydrogens is 339 g/mol. The molecular formula is C15H22Cl2N4O2. The molecule has 2 heterocycles. The Labute approximate surface area is 147 Å². The summed E-state index contributed by atoms with van der Waals surface area (Å²) in [5, 5.41) is 2.89. The zero-order valence-corrected chi connectivity index (χ0v) is 14.5. The number of hydrogen-bond donors (Lipinski definition) is 2. The number of ether oxygens (including phenoxy) is 1. The van der Waals surface area contributed by atoms with Crippen LogP contribution in [0.4, 0.5) is 5.69 Å². The fraction of sp³-hybridized carbons (Fsp3) is 0.467. The number of benzene rings is 1. The van der Waals surface area contributed by atoms with E-state index in [1.807, 2.05) is 29.8 Å². The van der Waals surface area contributed by atoms with Crippen LogP contribution in [0.3, 0.4) is 0 Å². The van der Waals surface area contributed by atoms with Gasteiger partial charge in [0.25, 0.3) is 0 Å². The third kappa shape index (κ3) is 4.35. The number of fused-ring (bicyclic) bond motifs is 1. The van der Waals surface area contributed by atoms with E-state index in [2.05, 4.69) is 10.3 Å². The van der Waals surface area contributed by atoms with Crippen LogP contribution < -0.4 is 11.1 Å². The number of hydrogen-bond acceptors (Lipinski definition) is 4. The summed E-state index contributed by atoms with van der Waals surface area (Å²) in [7, 11) is 1.94. The Morgan fingerprint density at radius 3 is 2.78 bits per heavy atom. The summed E-state index contributed by atoms with van der Waals surface area (Å²) in [6, 6.07) is 5.19. The molecule has 3 N–H and O–H groups in total. The quantitative estimate of drug-likeness (QED) is 0.877. The number of amides is 1. The molecule has 0 radical (unpaired) electrons. The second-order valence-electron chi connectivity index (χ2n) is 5.52. The first-order chi connectivity index (χ1) is 10.1. The standard InChI is InChI=1S/C15H20N4O2.2ClH/c1-19-9-17-12-8-11(2-3-13(12)19)18-15(20)14(16)10-4-6-21-7-5-10;;/h2-3,8-10,14H,4-7,16H2,1H3,(H,18,20);2*1H. The van der Waals surface area contributed by atoms with Crippen LogP contribution in [0.2, 0.25) is 0 Å². The Morgan fingerprint density at radius 1 is 1.39 bits per heavy atom. The van der Waals surface area contributed by atoms with Crippen molar-refractivity contribution in [2.24, 2.45) is 18.7 Å². The number of nitrogens with zero attached hydrogens (tertiary/aromatic N) is 2. The van der Waals surface area contributed by atoms with Gasteiger partial charge in [0.2, 0.25) is 5.91 Å². The Morgan fingerprint density at radius 2 is 2.09 bits per heavy atom. The van der Waals surface area contributed by atoms with Crippen molar-refractivity contribution in [1.29, 1.82) is 0 Å². The lowest BCUT2D eigenvalue weighted by Gasteiger charge is -2.26. The van der Waals surface area contributed by atoms with Gasteiger partial charge in [0.15, 0.2) is 0 Å². The predicted octanol–water partition coefficient (Wildman–Crippen LogP) is 2.11. The van der Waals surface area contributed by atoms with Gasteiger partial charge < -0.3 is 20.4 Å². The number of anilines is 1. The van der Waals surface area contributed by atoms with Gasteiger partial charge in [0, 0.05) is 25.9 Å². The molecule has 2 aromatic rings. The number of nitrogens with two attached hydrogens (primary N) is 1. The van der Waals surface area contributed by atoms with Crippen molar-refractivity contribution < 1.29 is 9.53 Å². The summed E-state index contributed by atoms with van der Waals surface area (Å²) in [5.74, 6) is 0.0505. The van der Waals surface area contributed by atoms with Gasteiger partial charge in [-0.1, -0.05) is 0 Å². The van der Waals surface area contributed by atoms with Gasteiger partial charge in [-0.25, -0.2) is 4.98 Å². The Balaban J connectivity index is 0.00000132. The molecule has 3 rings (SSSR count). The van der Waals surface area contributed by atoms with Crippen molar-refractivity contribution in [3.8, 4) is 0 Å². The summed E-state index contributed by atoms with van der Waals surface area (Å²) >= 11 is 0. The van der Waals surface area contributed by atoms with Crippen LogP contribution in [0.15, 0.2) is 24.5 Å². The molecule has 1 unspecified atom stereocenters. The number of rotatable bonds is 3. The predicted molar refractivity (Wildman–Crippen MR) is 95.4 cm³/mol. The van der Waals surface area contributed by atoms with Gasteiger partial charge in [0.1, 0.15) is 0 Å². The molecule has 0 spiro atoms. The molecule has 1 aromatic heterocycles. The number of nitrogens with one attached hydrogen (secondary N) is 1. The minimum Gasteiger partial charge on any atom is -0.381 e. The molecule has 1 atom stereocenters. The minimum atomic E-state index is -0.492. The smallest absolute Gasteiger partial charge is 0.241 e. The van der Waals surface area contributed by atoms with E-state index in [0.29, 0.717) is 13.2 Å². The normalized spacial score (nSPS) is 16.3. The first-order valence-electron chi connectivity index (χ1n) is 7.20. The number of aryl methyl sites for hydroxylation is 1. The molecule has 1 aromatic carbocycles. The van der Waals surface area contributed by atoms with Crippen LogP contribution in [-0.2, 0) is 16.6 Å². The number of imidazole rings is 1. The first kappa shape index (κ1) is 19.7. The molecule has 1 saturated heterocycles. The summed E-state index contributed by atoms with van der Waals surface area (Å²) in [6.07, 6.45) is 3.44. The zero-order valence-electron chi connectivity index (χ0n) is 12.9. The van der Waals surface area contributed by atoms with Crippen molar-refractivity contribution in [2.45, 2.75) is 18.9 Å². The van der Waals surface area contributed by atoms with E-state index in [4.69, 9.17) is 10.5 Å². The van der Waals surface area contributed by atoms with Gasteiger partial charge in [-0.2, -0.15) is 0 Å². The highest BCUT2D eigenvalue weighted by Crippen LogP contribution is 2.20. The van der Waals surface area contributed by atoms with E-state index in [-0.39, 0.29) is 36.6 Å². The van der Waals surface area contributed by atoms with Gasteiger partial charge in [0.05, 0.1) is 23.4 Å². The molecule has 1 aliphatic rings. The topological polar surface area (TPSA) is 82.2 Å². The highest BCUT2D eigenvalue weighted by Gasteiger charge is 2.26. The number of carbonyl (C=O) groups excluding carboxylic acids is 1. The lowest BCUT2D eigenvalue weighted by Crippen LogP contribution is -2.43. The van der Waals surface area contributed by atoms with Crippen LogP contribution in [0.1, 0.15) is 12.8 Å². The Bertz CT molecular complexity index is 656. The zero-order chi connectivity index (χ0) is 14.8. The van der Waals surface area contributed by atoms with E-state index >= 15 is 0 Å². The molecule has 128 valence electrons.